The number of likely N-dealkylation sites (N-methyl/N-ethyl adjacent to an activating group) is 1. The number of amides is 2. The monoisotopic (exact) mass is 291 g/mol. The van der Waals surface area contributed by atoms with E-state index in [-0.39, 0.29) is 17.3 Å². The van der Waals surface area contributed by atoms with E-state index < -0.39 is 0 Å². The van der Waals surface area contributed by atoms with Crippen LogP contribution in [0.5, 0.6) is 5.75 Å². The summed E-state index contributed by atoms with van der Waals surface area (Å²) < 4.78 is 5.61. The molecule has 0 saturated carbocycles. The second-order valence-corrected chi connectivity index (χ2v) is 5.66. The smallest absolute Gasteiger partial charge is 0.293 e. The Hall–Kier alpha value is -1.75. The fraction of sp³-hybridized carbons (Fsp3) is 0.333. The number of hydrogen-bond donors (Lipinski definition) is 0. The summed E-state index contributed by atoms with van der Waals surface area (Å²) in [7, 11) is 0. The molecule has 1 fully saturated rings. The van der Waals surface area contributed by atoms with Crippen LogP contribution >= 0.6 is 11.8 Å². The van der Waals surface area contributed by atoms with Crippen molar-refractivity contribution in [2.75, 3.05) is 6.54 Å². The van der Waals surface area contributed by atoms with Gasteiger partial charge in [-0.25, -0.2) is 0 Å². The van der Waals surface area contributed by atoms with E-state index in [1.807, 2.05) is 38.1 Å². The van der Waals surface area contributed by atoms with E-state index >= 15 is 0 Å². The molecular formula is C15H17NO3S. The first-order valence-corrected chi connectivity index (χ1v) is 7.35. The van der Waals surface area contributed by atoms with Gasteiger partial charge in [0.25, 0.3) is 11.1 Å². The Morgan fingerprint density at radius 2 is 2.10 bits per heavy atom. The third-order valence-electron chi connectivity index (χ3n) is 2.72. The summed E-state index contributed by atoms with van der Waals surface area (Å²) in [4.78, 5) is 25.3. The standard InChI is InChI=1S/C15H17NO3S/c1-4-16-14(17)13(20-15(16)18)9-11-6-5-7-12(8-11)19-10(2)3/h5-10H,4H2,1-3H3/b13-9+. The summed E-state index contributed by atoms with van der Waals surface area (Å²) in [5.74, 6) is 0.529. The first kappa shape index (κ1) is 14.7. The molecule has 106 valence electrons. The highest BCUT2D eigenvalue weighted by Crippen LogP contribution is 2.32. The zero-order chi connectivity index (χ0) is 14.7. The number of hydrogen-bond acceptors (Lipinski definition) is 4. The molecule has 0 aromatic heterocycles. The van der Waals surface area contributed by atoms with E-state index in [0.717, 1.165) is 23.1 Å². The van der Waals surface area contributed by atoms with Crippen LogP contribution in [0, 0.1) is 0 Å². The predicted molar refractivity (Wildman–Crippen MR) is 80.6 cm³/mol. The van der Waals surface area contributed by atoms with Crippen LogP contribution in [-0.4, -0.2) is 28.7 Å². The number of imide groups is 1. The minimum absolute atomic E-state index is 0.0950. The fourth-order valence-electron chi connectivity index (χ4n) is 1.87. The van der Waals surface area contributed by atoms with Crippen LogP contribution in [-0.2, 0) is 4.79 Å². The summed E-state index contributed by atoms with van der Waals surface area (Å²) in [6, 6.07) is 7.48. The van der Waals surface area contributed by atoms with Crippen molar-refractivity contribution in [2.45, 2.75) is 26.9 Å². The zero-order valence-electron chi connectivity index (χ0n) is 11.8. The Morgan fingerprint density at radius 1 is 1.35 bits per heavy atom. The molecule has 20 heavy (non-hydrogen) atoms. The van der Waals surface area contributed by atoms with Crippen molar-refractivity contribution in [1.29, 1.82) is 0 Å². The molecule has 0 spiro atoms. The van der Waals surface area contributed by atoms with E-state index in [1.165, 1.54) is 4.90 Å². The lowest BCUT2D eigenvalue weighted by Gasteiger charge is -2.10. The van der Waals surface area contributed by atoms with Gasteiger partial charge in [-0.05, 0) is 56.3 Å². The SMILES string of the molecule is CCN1C(=O)S/C(=C/c2cccc(OC(C)C)c2)C1=O. The van der Waals surface area contributed by atoms with E-state index in [9.17, 15) is 9.59 Å². The minimum atomic E-state index is -0.224. The molecule has 0 aliphatic carbocycles. The maximum atomic E-state index is 12.0. The molecule has 1 aromatic rings. The number of ether oxygens (including phenoxy) is 1. The lowest BCUT2D eigenvalue weighted by atomic mass is 10.2. The molecule has 0 atom stereocenters. The molecule has 4 nitrogen and oxygen atoms in total. The molecule has 1 aliphatic rings. The van der Waals surface area contributed by atoms with Crippen molar-refractivity contribution in [3.05, 3.63) is 34.7 Å². The van der Waals surface area contributed by atoms with Crippen molar-refractivity contribution in [3.8, 4) is 5.75 Å². The Balaban J connectivity index is 2.23. The predicted octanol–water partition coefficient (Wildman–Crippen LogP) is 3.53. The summed E-state index contributed by atoms with van der Waals surface area (Å²) >= 11 is 0.979. The van der Waals surface area contributed by atoms with Crippen molar-refractivity contribution in [3.63, 3.8) is 0 Å². The van der Waals surface area contributed by atoms with Gasteiger partial charge >= 0.3 is 0 Å². The number of benzene rings is 1. The van der Waals surface area contributed by atoms with Gasteiger partial charge < -0.3 is 4.74 Å². The summed E-state index contributed by atoms with van der Waals surface area (Å²) in [6.07, 6.45) is 1.82. The highest BCUT2D eigenvalue weighted by atomic mass is 32.2. The molecule has 1 aliphatic heterocycles. The van der Waals surface area contributed by atoms with Gasteiger partial charge in [0.05, 0.1) is 11.0 Å². The van der Waals surface area contributed by atoms with E-state index in [4.69, 9.17) is 4.74 Å². The van der Waals surface area contributed by atoms with E-state index in [0.29, 0.717) is 11.4 Å². The maximum Gasteiger partial charge on any atom is 0.293 e. The van der Waals surface area contributed by atoms with Crippen LogP contribution in [0.1, 0.15) is 26.3 Å². The van der Waals surface area contributed by atoms with Crippen LogP contribution < -0.4 is 4.74 Å². The van der Waals surface area contributed by atoms with Crippen molar-refractivity contribution >= 4 is 29.0 Å². The molecule has 1 saturated heterocycles. The van der Waals surface area contributed by atoms with Gasteiger partial charge in [0.2, 0.25) is 0 Å². The number of nitrogens with zero attached hydrogens (tertiary/aromatic N) is 1. The van der Waals surface area contributed by atoms with Gasteiger partial charge in [-0.15, -0.1) is 0 Å². The lowest BCUT2D eigenvalue weighted by Crippen LogP contribution is -2.27. The first-order chi connectivity index (χ1) is 9.51. The average Bonchev–Trinajstić information content (AvgIpc) is 2.63. The highest BCUT2D eigenvalue weighted by Gasteiger charge is 2.33. The number of rotatable bonds is 4. The average molecular weight is 291 g/mol. The Labute approximate surface area is 122 Å². The third kappa shape index (κ3) is 3.22. The van der Waals surface area contributed by atoms with Crippen LogP contribution in [0.3, 0.4) is 0 Å². The summed E-state index contributed by atoms with van der Waals surface area (Å²) in [5.41, 5.74) is 0.852. The van der Waals surface area contributed by atoms with Crippen LogP contribution in [0.15, 0.2) is 29.2 Å². The number of thioether (sulfide) groups is 1. The summed E-state index contributed by atoms with van der Waals surface area (Å²) in [6.45, 7) is 6.10. The van der Waals surface area contributed by atoms with Gasteiger partial charge in [0.1, 0.15) is 5.75 Å². The molecule has 0 bridgehead atoms. The highest BCUT2D eigenvalue weighted by molar-refractivity contribution is 8.18. The molecule has 2 rings (SSSR count). The zero-order valence-corrected chi connectivity index (χ0v) is 12.6. The second-order valence-electron chi connectivity index (χ2n) is 4.67. The second kappa shape index (κ2) is 6.13. The molecular weight excluding hydrogens is 274 g/mol. The van der Waals surface area contributed by atoms with E-state index in [2.05, 4.69) is 0 Å². The van der Waals surface area contributed by atoms with Gasteiger partial charge in [-0.3, -0.25) is 14.5 Å². The maximum absolute atomic E-state index is 12.0. The normalized spacial score (nSPS) is 17.4. The third-order valence-corrected chi connectivity index (χ3v) is 3.62. The van der Waals surface area contributed by atoms with Gasteiger partial charge in [-0.1, -0.05) is 12.1 Å². The Kier molecular flexibility index (Phi) is 4.49. The van der Waals surface area contributed by atoms with Gasteiger partial charge in [-0.2, -0.15) is 0 Å². The topological polar surface area (TPSA) is 46.6 Å². The number of carbonyl (C=O) groups excluding carboxylic acids is 2. The molecule has 1 heterocycles. The van der Waals surface area contributed by atoms with Gasteiger partial charge in [0, 0.05) is 6.54 Å². The number of carbonyl (C=O) groups is 2. The quantitative estimate of drug-likeness (QED) is 0.796. The van der Waals surface area contributed by atoms with Gasteiger partial charge in [0.15, 0.2) is 0 Å². The molecule has 0 radical (unpaired) electrons. The minimum Gasteiger partial charge on any atom is -0.491 e. The first-order valence-electron chi connectivity index (χ1n) is 6.53. The Bertz CT molecular complexity index is 566. The largest absolute Gasteiger partial charge is 0.491 e. The summed E-state index contributed by atoms with van der Waals surface area (Å²) in [5, 5.41) is -0.210. The van der Waals surface area contributed by atoms with Crippen LogP contribution in [0.4, 0.5) is 4.79 Å². The molecule has 0 unspecified atom stereocenters. The van der Waals surface area contributed by atoms with Crippen LogP contribution in [0.2, 0.25) is 0 Å². The fourth-order valence-corrected chi connectivity index (χ4v) is 2.78. The van der Waals surface area contributed by atoms with E-state index in [1.54, 1.807) is 13.0 Å². The van der Waals surface area contributed by atoms with Crippen molar-refractivity contribution < 1.29 is 14.3 Å². The molecule has 5 heteroatoms. The Morgan fingerprint density at radius 3 is 2.70 bits per heavy atom. The lowest BCUT2D eigenvalue weighted by molar-refractivity contribution is -0.122. The molecule has 1 aromatic carbocycles. The van der Waals surface area contributed by atoms with Crippen LogP contribution in [0.25, 0.3) is 6.08 Å². The van der Waals surface area contributed by atoms with Crippen molar-refractivity contribution in [2.24, 2.45) is 0 Å². The van der Waals surface area contributed by atoms with Crippen molar-refractivity contribution in [1.82, 2.24) is 4.90 Å². The molecule has 0 N–H and O–H groups in total. The molecule has 2 amide bonds.